The maximum Gasteiger partial charge on any atom is 0.160 e. The number of hydrogen-bond acceptors (Lipinski definition) is 2. The lowest BCUT2D eigenvalue weighted by Crippen LogP contribution is -1.88. The molecule has 0 radical (unpaired) electrons. The third kappa shape index (κ3) is 0.869. The van der Waals surface area contributed by atoms with Crippen molar-refractivity contribution < 1.29 is 4.39 Å². The molecular weight excluding hydrogens is 145 g/mol. The predicted octanol–water partition coefficient (Wildman–Crippen LogP) is 1.18. The van der Waals surface area contributed by atoms with Crippen LogP contribution in [0.1, 0.15) is 5.56 Å². The molecule has 0 N–H and O–H groups in total. The van der Waals surface area contributed by atoms with E-state index < -0.39 is 0 Å². The van der Waals surface area contributed by atoms with Crippen LogP contribution in [0.3, 0.4) is 0 Å². The van der Waals surface area contributed by atoms with Gasteiger partial charge < -0.3 is 0 Å². The SMILES string of the molecule is Cc1cc2nncn2cc1F. The normalized spacial score (nSPS) is 10.7. The van der Waals surface area contributed by atoms with Crippen molar-refractivity contribution in [3.63, 3.8) is 0 Å². The molecular formula is C7H6FN3. The minimum Gasteiger partial charge on any atom is -0.286 e. The average Bonchev–Trinajstić information content (AvgIpc) is 2.36. The lowest BCUT2D eigenvalue weighted by atomic mass is 10.3. The third-order valence-corrected chi connectivity index (χ3v) is 1.58. The van der Waals surface area contributed by atoms with E-state index in [1.165, 1.54) is 12.5 Å². The Balaban J connectivity index is 2.86. The zero-order chi connectivity index (χ0) is 7.84. The Kier molecular flexibility index (Phi) is 1.15. The molecule has 56 valence electrons. The van der Waals surface area contributed by atoms with Crippen LogP contribution in [0.15, 0.2) is 18.6 Å². The molecule has 11 heavy (non-hydrogen) atoms. The van der Waals surface area contributed by atoms with Gasteiger partial charge in [-0.25, -0.2) is 4.39 Å². The molecule has 0 saturated heterocycles. The first-order chi connectivity index (χ1) is 5.27. The summed E-state index contributed by atoms with van der Waals surface area (Å²) in [5.41, 5.74) is 1.26. The summed E-state index contributed by atoms with van der Waals surface area (Å²) < 4.78 is 14.4. The summed E-state index contributed by atoms with van der Waals surface area (Å²) in [6.07, 6.45) is 2.84. The van der Waals surface area contributed by atoms with Crippen LogP contribution in [0.5, 0.6) is 0 Å². The van der Waals surface area contributed by atoms with Gasteiger partial charge in [0.15, 0.2) is 5.65 Å². The molecule has 0 aliphatic heterocycles. The van der Waals surface area contributed by atoms with Crippen molar-refractivity contribution in [1.82, 2.24) is 14.6 Å². The van der Waals surface area contributed by atoms with E-state index in [-0.39, 0.29) is 5.82 Å². The van der Waals surface area contributed by atoms with Crippen molar-refractivity contribution in [2.45, 2.75) is 6.92 Å². The number of aromatic nitrogens is 3. The maximum absolute atomic E-state index is 12.8. The van der Waals surface area contributed by atoms with Crippen LogP contribution in [-0.4, -0.2) is 14.6 Å². The largest absolute Gasteiger partial charge is 0.286 e. The van der Waals surface area contributed by atoms with E-state index in [9.17, 15) is 4.39 Å². The standard InChI is InChI=1S/C7H6FN3/c1-5-2-7-10-9-4-11(7)3-6(5)8/h2-4H,1H3. The third-order valence-electron chi connectivity index (χ3n) is 1.58. The second-order valence-electron chi connectivity index (χ2n) is 2.40. The molecule has 0 saturated carbocycles. The molecule has 0 unspecified atom stereocenters. The fourth-order valence-corrected chi connectivity index (χ4v) is 0.941. The van der Waals surface area contributed by atoms with Crippen molar-refractivity contribution in [1.29, 1.82) is 0 Å². The van der Waals surface area contributed by atoms with E-state index in [4.69, 9.17) is 0 Å². The molecule has 3 nitrogen and oxygen atoms in total. The summed E-state index contributed by atoms with van der Waals surface area (Å²) >= 11 is 0. The fraction of sp³-hybridized carbons (Fsp3) is 0.143. The summed E-state index contributed by atoms with van der Waals surface area (Å²) in [6, 6.07) is 1.66. The van der Waals surface area contributed by atoms with Crippen LogP contribution in [0, 0.1) is 12.7 Å². The van der Waals surface area contributed by atoms with E-state index in [1.807, 2.05) is 0 Å². The number of rotatable bonds is 0. The first-order valence-corrected chi connectivity index (χ1v) is 3.23. The van der Waals surface area contributed by atoms with Gasteiger partial charge in [0, 0.05) is 6.20 Å². The van der Waals surface area contributed by atoms with Crippen LogP contribution >= 0.6 is 0 Å². The van der Waals surface area contributed by atoms with Crippen LogP contribution in [-0.2, 0) is 0 Å². The van der Waals surface area contributed by atoms with Crippen LogP contribution in [0.4, 0.5) is 4.39 Å². The molecule has 0 aromatic carbocycles. The lowest BCUT2D eigenvalue weighted by Gasteiger charge is -1.95. The lowest BCUT2D eigenvalue weighted by molar-refractivity contribution is 0.610. The highest BCUT2D eigenvalue weighted by Crippen LogP contribution is 2.07. The zero-order valence-corrected chi connectivity index (χ0v) is 5.95. The number of nitrogens with zero attached hydrogens (tertiary/aromatic N) is 3. The molecule has 2 heterocycles. The molecule has 2 aromatic rings. The van der Waals surface area contributed by atoms with Gasteiger partial charge in [0.2, 0.25) is 0 Å². The Bertz CT molecular complexity index is 357. The Morgan fingerprint density at radius 2 is 2.36 bits per heavy atom. The van der Waals surface area contributed by atoms with Crippen molar-refractivity contribution >= 4 is 5.65 Å². The molecule has 4 heteroatoms. The van der Waals surface area contributed by atoms with Gasteiger partial charge in [-0.3, -0.25) is 4.40 Å². The Morgan fingerprint density at radius 1 is 1.55 bits per heavy atom. The summed E-state index contributed by atoms with van der Waals surface area (Å²) in [5, 5.41) is 7.40. The monoisotopic (exact) mass is 151 g/mol. The molecule has 0 aliphatic rings. The smallest absolute Gasteiger partial charge is 0.160 e. The second-order valence-corrected chi connectivity index (χ2v) is 2.40. The Hall–Kier alpha value is -1.45. The van der Waals surface area contributed by atoms with E-state index >= 15 is 0 Å². The molecule has 0 fully saturated rings. The first-order valence-electron chi connectivity index (χ1n) is 3.23. The number of hydrogen-bond donors (Lipinski definition) is 0. The Labute approximate surface area is 62.5 Å². The number of halogens is 1. The topological polar surface area (TPSA) is 30.2 Å². The molecule has 0 aliphatic carbocycles. The minimum atomic E-state index is -0.239. The van der Waals surface area contributed by atoms with Gasteiger partial charge in [0.05, 0.1) is 0 Å². The maximum atomic E-state index is 12.8. The summed E-state index contributed by atoms with van der Waals surface area (Å²) in [4.78, 5) is 0. The van der Waals surface area contributed by atoms with Gasteiger partial charge in [0.1, 0.15) is 12.1 Å². The summed E-state index contributed by atoms with van der Waals surface area (Å²) in [6.45, 7) is 1.70. The molecule has 0 amide bonds. The Morgan fingerprint density at radius 3 is 3.18 bits per heavy atom. The predicted molar refractivity (Wildman–Crippen MR) is 37.7 cm³/mol. The average molecular weight is 151 g/mol. The van der Waals surface area contributed by atoms with Crippen LogP contribution in [0.25, 0.3) is 5.65 Å². The van der Waals surface area contributed by atoms with Crippen molar-refractivity contribution in [3.8, 4) is 0 Å². The number of pyridine rings is 1. The van der Waals surface area contributed by atoms with Gasteiger partial charge in [-0.1, -0.05) is 0 Å². The van der Waals surface area contributed by atoms with Gasteiger partial charge >= 0.3 is 0 Å². The minimum absolute atomic E-state index is 0.239. The molecule has 0 atom stereocenters. The highest BCUT2D eigenvalue weighted by atomic mass is 19.1. The second kappa shape index (κ2) is 2.02. The first kappa shape index (κ1) is 6.27. The zero-order valence-electron chi connectivity index (χ0n) is 5.95. The van der Waals surface area contributed by atoms with E-state index in [2.05, 4.69) is 10.2 Å². The molecule has 2 aromatic heterocycles. The quantitative estimate of drug-likeness (QED) is 0.565. The van der Waals surface area contributed by atoms with E-state index in [0.717, 1.165) is 0 Å². The van der Waals surface area contributed by atoms with E-state index in [0.29, 0.717) is 11.2 Å². The fourth-order valence-electron chi connectivity index (χ4n) is 0.941. The van der Waals surface area contributed by atoms with Gasteiger partial charge in [0.25, 0.3) is 0 Å². The summed E-state index contributed by atoms with van der Waals surface area (Å²) in [5.74, 6) is -0.239. The molecule has 0 spiro atoms. The van der Waals surface area contributed by atoms with Gasteiger partial charge in [-0.2, -0.15) is 0 Å². The van der Waals surface area contributed by atoms with E-state index in [1.54, 1.807) is 17.4 Å². The van der Waals surface area contributed by atoms with Crippen molar-refractivity contribution in [3.05, 3.63) is 30.0 Å². The highest BCUT2D eigenvalue weighted by Gasteiger charge is 2.00. The van der Waals surface area contributed by atoms with Gasteiger partial charge in [-0.15, -0.1) is 10.2 Å². The van der Waals surface area contributed by atoms with Crippen LogP contribution < -0.4 is 0 Å². The van der Waals surface area contributed by atoms with Crippen molar-refractivity contribution in [2.75, 3.05) is 0 Å². The van der Waals surface area contributed by atoms with Crippen LogP contribution in [0.2, 0.25) is 0 Å². The highest BCUT2D eigenvalue weighted by molar-refractivity contribution is 5.39. The number of fused-ring (bicyclic) bond motifs is 1. The molecule has 0 bridgehead atoms. The van der Waals surface area contributed by atoms with Crippen molar-refractivity contribution in [2.24, 2.45) is 0 Å². The summed E-state index contributed by atoms with van der Waals surface area (Å²) in [7, 11) is 0. The molecule has 2 rings (SSSR count). The number of aryl methyl sites for hydroxylation is 1. The van der Waals surface area contributed by atoms with Gasteiger partial charge in [-0.05, 0) is 18.6 Å².